The zero-order chi connectivity index (χ0) is 13.7. The molecule has 0 aromatic heterocycles. The Labute approximate surface area is 117 Å². The normalized spacial score (nSPS) is 12.0. The molecule has 0 aliphatic rings. The van der Waals surface area contributed by atoms with Gasteiger partial charge in [0.2, 0.25) is 0 Å². The molecule has 2 N–H and O–H groups in total. The summed E-state index contributed by atoms with van der Waals surface area (Å²) in [6, 6.07) is 0. The molecule has 0 aliphatic heterocycles. The summed E-state index contributed by atoms with van der Waals surface area (Å²) in [7, 11) is -0.655. The van der Waals surface area contributed by atoms with Crippen LogP contribution in [0.25, 0.3) is 0 Å². The number of unbranched alkanes of at least 4 members (excludes halogenated alkanes) is 4. The van der Waals surface area contributed by atoms with Crippen molar-refractivity contribution in [2.24, 2.45) is 5.73 Å². The summed E-state index contributed by atoms with van der Waals surface area (Å²) in [5, 5.41) is 0. The molecule has 0 aromatic rings. The molecule has 0 heterocycles. The fourth-order valence-electron chi connectivity index (χ4n) is 2.78. The first kappa shape index (κ1) is 18.4. The fraction of sp³-hybridized carbons (Fsp3) is 1.00. The monoisotopic (exact) mass is 274 g/mol. The molecule has 0 aromatic carbocycles. The van der Waals surface area contributed by atoms with Gasteiger partial charge in [0.05, 0.1) is 24.6 Å². The first-order valence-electron chi connectivity index (χ1n) is 8.29. The molecule has 0 fully saturated rings. The van der Waals surface area contributed by atoms with Gasteiger partial charge in [0.1, 0.15) is 0 Å². The second-order valence-corrected chi connectivity index (χ2v) is 10.3. The molecule has 2 heteroatoms. The molecule has 0 spiro atoms. The minimum Gasteiger partial charge on any atom is -0.330 e. The van der Waals surface area contributed by atoms with Crippen molar-refractivity contribution in [3.8, 4) is 0 Å². The van der Waals surface area contributed by atoms with Crippen molar-refractivity contribution in [1.82, 2.24) is 0 Å². The lowest BCUT2D eigenvalue weighted by atomic mass is 10.3. The molecule has 0 atom stereocenters. The fourth-order valence-corrected chi connectivity index (χ4v) is 7.85. The van der Waals surface area contributed by atoms with Crippen molar-refractivity contribution in [3.63, 3.8) is 0 Å². The Balaban J connectivity index is 4.41. The summed E-state index contributed by atoms with van der Waals surface area (Å²) in [6.07, 6.45) is 17.3. The van der Waals surface area contributed by atoms with Crippen molar-refractivity contribution in [3.05, 3.63) is 0 Å². The standard InChI is InChI=1S/C16H37NP/c1-4-7-10-15-18(13-8-5-2,14-9-6-3)16-11-12-17/h4-17H2,1-3H3/q+1. The van der Waals surface area contributed by atoms with Gasteiger partial charge in [-0.25, -0.2) is 0 Å². The van der Waals surface area contributed by atoms with Crippen LogP contribution < -0.4 is 5.73 Å². The van der Waals surface area contributed by atoms with E-state index in [1.807, 2.05) is 0 Å². The van der Waals surface area contributed by atoms with Crippen LogP contribution in [0.4, 0.5) is 0 Å². The maximum Gasteiger partial charge on any atom is 0.0606 e. The van der Waals surface area contributed by atoms with E-state index < -0.39 is 7.26 Å². The minimum atomic E-state index is -0.655. The molecular formula is C16H37NP+. The van der Waals surface area contributed by atoms with Gasteiger partial charge in [-0.2, -0.15) is 0 Å². The maximum absolute atomic E-state index is 5.77. The maximum atomic E-state index is 5.77. The molecular weight excluding hydrogens is 237 g/mol. The molecule has 0 saturated carbocycles. The summed E-state index contributed by atoms with van der Waals surface area (Å²) in [5.74, 6) is 0. The Hall–Kier alpha value is 0.390. The molecule has 0 bridgehead atoms. The Kier molecular flexibility index (Phi) is 12.7. The van der Waals surface area contributed by atoms with E-state index in [0.717, 1.165) is 6.54 Å². The SMILES string of the molecule is CCCCC[P+](CCCC)(CCCC)CCCN. The van der Waals surface area contributed by atoms with Gasteiger partial charge < -0.3 is 5.73 Å². The van der Waals surface area contributed by atoms with E-state index in [1.165, 1.54) is 57.5 Å². The highest BCUT2D eigenvalue weighted by molar-refractivity contribution is 7.75. The zero-order valence-corrected chi connectivity index (χ0v) is 14.1. The Morgan fingerprint density at radius 2 is 1.06 bits per heavy atom. The van der Waals surface area contributed by atoms with E-state index >= 15 is 0 Å². The summed E-state index contributed by atoms with van der Waals surface area (Å²) < 4.78 is 0. The average molecular weight is 274 g/mol. The summed E-state index contributed by atoms with van der Waals surface area (Å²) in [5.41, 5.74) is 5.77. The largest absolute Gasteiger partial charge is 0.330 e. The number of hydrogen-bond donors (Lipinski definition) is 1. The van der Waals surface area contributed by atoms with Gasteiger partial charge in [-0.1, -0.05) is 46.5 Å². The highest BCUT2D eigenvalue weighted by atomic mass is 31.2. The van der Waals surface area contributed by atoms with Crippen molar-refractivity contribution >= 4 is 7.26 Å². The lowest BCUT2D eigenvalue weighted by Gasteiger charge is -2.28. The van der Waals surface area contributed by atoms with Gasteiger partial charge in [-0.15, -0.1) is 0 Å². The highest BCUT2D eigenvalue weighted by Crippen LogP contribution is 2.61. The first-order chi connectivity index (χ1) is 8.74. The van der Waals surface area contributed by atoms with Crippen LogP contribution in [0.1, 0.15) is 72.1 Å². The number of nitrogens with two attached hydrogens (primary N) is 1. The van der Waals surface area contributed by atoms with E-state index in [1.54, 1.807) is 18.5 Å². The van der Waals surface area contributed by atoms with Gasteiger partial charge in [0.15, 0.2) is 0 Å². The van der Waals surface area contributed by atoms with Crippen molar-refractivity contribution in [2.45, 2.75) is 72.1 Å². The zero-order valence-electron chi connectivity index (χ0n) is 13.2. The van der Waals surface area contributed by atoms with Crippen molar-refractivity contribution < 1.29 is 0 Å². The van der Waals surface area contributed by atoms with Crippen LogP contribution in [0, 0.1) is 0 Å². The number of hydrogen-bond acceptors (Lipinski definition) is 1. The molecule has 0 radical (unpaired) electrons. The Morgan fingerprint density at radius 1 is 0.611 bits per heavy atom. The van der Waals surface area contributed by atoms with Gasteiger partial charge in [-0.3, -0.25) is 0 Å². The summed E-state index contributed by atoms with van der Waals surface area (Å²) >= 11 is 0. The lowest BCUT2D eigenvalue weighted by molar-refractivity contribution is 0.762. The molecule has 0 unspecified atom stereocenters. The number of rotatable bonds is 13. The van der Waals surface area contributed by atoms with Crippen molar-refractivity contribution in [1.29, 1.82) is 0 Å². The van der Waals surface area contributed by atoms with Crippen LogP contribution in [-0.4, -0.2) is 31.2 Å². The van der Waals surface area contributed by atoms with Gasteiger partial charge in [0.25, 0.3) is 0 Å². The van der Waals surface area contributed by atoms with Gasteiger partial charge in [-0.05, 0) is 32.2 Å². The predicted molar refractivity (Wildman–Crippen MR) is 89.4 cm³/mol. The third kappa shape index (κ3) is 8.48. The van der Waals surface area contributed by atoms with E-state index in [2.05, 4.69) is 20.8 Å². The van der Waals surface area contributed by atoms with Crippen LogP contribution >= 0.6 is 7.26 Å². The van der Waals surface area contributed by atoms with E-state index in [0.29, 0.717) is 0 Å². The van der Waals surface area contributed by atoms with Crippen LogP contribution in [0.5, 0.6) is 0 Å². The highest BCUT2D eigenvalue weighted by Gasteiger charge is 2.34. The molecule has 18 heavy (non-hydrogen) atoms. The minimum absolute atomic E-state index is 0.655. The Bertz CT molecular complexity index is 149. The topological polar surface area (TPSA) is 26.0 Å². The van der Waals surface area contributed by atoms with E-state index in [9.17, 15) is 0 Å². The van der Waals surface area contributed by atoms with Gasteiger partial charge >= 0.3 is 0 Å². The van der Waals surface area contributed by atoms with Crippen LogP contribution in [-0.2, 0) is 0 Å². The quantitative estimate of drug-likeness (QED) is 0.365. The van der Waals surface area contributed by atoms with E-state index in [4.69, 9.17) is 5.73 Å². The first-order valence-corrected chi connectivity index (χ1v) is 10.8. The summed E-state index contributed by atoms with van der Waals surface area (Å²) in [4.78, 5) is 0. The second-order valence-electron chi connectivity index (χ2n) is 5.79. The van der Waals surface area contributed by atoms with Crippen molar-refractivity contribution in [2.75, 3.05) is 31.2 Å². The van der Waals surface area contributed by atoms with Crippen LogP contribution in [0.15, 0.2) is 0 Å². The molecule has 0 saturated heterocycles. The van der Waals surface area contributed by atoms with Gasteiger partial charge in [0, 0.05) is 7.26 Å². The molecule has 0 rings (SSSR count). The smallest absolute Gasteiger partial charge is 0.0606 e. The van der Waals surface area contributed by atoms with Crippen LogP contribution in [0.3, 0.4) is 0 Å². The van der Waals surface area contributed by atoms with E-state index in [-0.39, 0.29) is 0 Å². The second kappa shape index (κ2) is 12.4. The summed E-state index contributed by atoms with van der Waals surface area (Å²) in [6.45, 7) is 7.89. The predicted octanol–water partition coefficient (Wildman–Crippen LogP) is 5.14. The molecule has 1 nitrogen and oxygen atoms in total. The Morgan fingerprint density at radius 3 is 1.50 bits per heavy atom. The van der Waals surface area contributed by atoms with Crippen LogP contribution in [0.2, 0.25) is 0 Å². The third-order valence-electron chi connectivity index (χ3n) is 4.04. The molecule has 0 aliphatic carbocycles. The molecule has 110 valence electrons. The lowest BCUT2D eigenvalue weighted by Crippen LogP contribution is -2.15. The third-order valence-corrected chi connectivity index (χ3v) is 9.10. The average Bonchev–Trinajstić information content (AvgIpc) is 2.40. The molecule has 0 amide bonds.